The number of hydrogen-bond donors (Lipinski definition) is 1. The van der Waals surface area contributed by atoms with Gasteiger partial charge in [-0.2, -0.15) is 0 Å². The molecule has 0 saturated carbocycles. The molecule has 114 valence electrons. The van der Waals surface area contributed by atoms with Gasteiger partial charge in [0.2, 0.25) is 0 Å². The minimum atomic E-state index is -1.37. The van der Waals surface area contributed by atoms with Crippen LogP contribution < -0.4 is 4.74 Å². The smallest absolute Gasteiger partial charge is 0.330 e. The van der Waals surface area contributed by atoms with E-state index in [9.17, 15) is 14.7 Å². The molecule has 1 rings (SSSR count). The summed E-state index contributed by atoms with van der Waals surface area (Å²) in [4.78, 5) is 22.8. The van der Waals surface area contributed by atoms with E-state index in [1.807, 2.05) is 22.6 Å². The fraction of sp³-hybridized carbons (Fsp3) is 0.333. The Morgan fingerprint density at radius 3 is 2.48 bits per heavy atom. The van der Waals surface area contributed by atoms with E-state index in [-0.39, 0.29) is 19.0 Å². The topological polar surface area (TPSA) is 72.8 Å². The predicted molar refractivity (Wildman–Crippen MR) is 86.9 cm³/mol. The van der Waals surface area contributed by atoms with Gasteiger partial charge < -0.3 is 14.6 Å². The number of esters is 1. The van der Waals surface area contributed by atoms with Crippen LogP contribution in [0.5, 0.6) is 5.75 Å². The second-order valence-electron chi connectivity index (χ2n) is 4.48. The summed E-state index contributed by atoms with van der Waals surface area (Å²) in [5.41, 5.74) is -0.955. The van der Waals surface area contributed by atoms with Crippen molar-refractivity contribution in [2.45, 2.75) is 12.5 Å². The van der Waals surface area contributed by atoms with Gasteiger partial charge >= 0.3 is 5.97 Å². The standard InChI is InChI=1S/C15H17IO5/c1-3-13(17)21-9-8-20-12-6-4-11(5-7-12)14(18)15(2,19)10-16/h3-7,19H,1,8-10H2,2H3. The van der Waals surface area contributed by atoms with Crippen LogP contribution in [-0.4, -0.2) is 40.1 Å². The molecule has 0 heterocycles. The van der Waals surface area contributed by atoms with Gasteiger partial charge in [0.25, 0.3) is 0 Å². The molecule has 0 amide bonds. The quantitative estimate of drug-likeness (QED) is 0.180. The summed E-state index contributed by atoms with van der Waals surface area (Å²) >= 11 is 1.97. The minimum absolute atomic E-state index is 0.120. The van der Waals surface area contributed by atoms with E-state index in [0.29, 0.717) is 15.7 Å². The summed E-state index contributed by atoms with van der Waals surface area (Å²) in [5.74, 6) is -0.278. The van der Waals surface area contributed by atoms with Crippen molar-refractivity contribution < 1.29 is 24.2 Å². The fourth-order valence-corrected chi connectivity index (χ4v) is 1.78. The van der Waals surface area contributed by atoms with Crippen LogP contribution in [0, 0.1) is 0 Å². The lowest BCUT2D eigenvalue weighted by atomic mass is 9.97. The molecule has 1 unspecified atom stereocenters. The van der Waals surface area contributed by atoms with E-state index in [2.05, 4.69) is 6.58 Å². The van der Waals surface area contributed by atoms with Crippen LogP contribution in [0.2, 0.25) is 0 Å². The lowest BCUT2D eigenvalue weighted by Crippen LogP contribution is -2.36. The number of hydrogen-bond acceptors (Lipinski definition) is 5. The normalized spacial score (nSPS) is 13.1. The van der Waals surface area contributed by atoms with Crippen molar-refractivity contribution >= 4 is 34.3 Å². The molecule has 0 aliphatic rings. The van der Waals surface area contributed by atoms with Gasteiger partial charge in [0.05, 0.1) is 0 Å². The van der Waals surface area contributed by atoms with E-state index in [1.165, 1.54) is 6.92 Å². The first-order valence-electron chi connectivity index (χ1n) is 6.26. The molecule has 1 N–H and O–H groups in total. The number of alkyl halides is 1. The van der Waals surface area contributed by atoms with Gasteiger partial charge in [0, 0.05) is 16.1 Å². The zero-order valence-electron chi connectivity index (χ0n) is 11.7. The highest BCUT2D eigenvalue weighted by molar-refractivity contribution is 14.1. The third-order valence-corrected chi connectivity index (χ3v) is 4.11. The minimum Gasteiger partial charge on any atom is -0.490 e. The van der Waals surface area contributed by atoms with Crippen LogP contribution in [0.1, 0.15) is 17.3 Å². The predicted octanol–water partition coefficient (Wildman–Crippen LogP) is 2.16. The van der Waals surface area contributed by atoms with Crippen molar-refractivity contribution in [3.05, 3.63) is 42.5 Å². The number of rotatable bonds is 8. The Morgan fingerprint density at radius 1 is 1.33 bits per heavy atom. The molecule has 0 bridgehead atoms. The van der Waals surface area contributed by atoms with Gasteiger partial charge in [0.1, 0.15) is 24.6 Å². The molecule has 0 aliphatic heterocycles. The zero-order chi connectivity index (χ0) is 15.9. The number of ketones is 1. The first-order valence-corrected chi connectivity index (χ1v) is 7.78. The lowest BCUT2D eigenvalue weighted by molar-refractivity contribution is -0.138. The fourth-order valence-electron chi connectivity index (χ4n) is 1.43. The Labute approximate surface area is 137 Å². The molecule has 6 heteroatoms. The maximum absolute atomic E-state index is 12.0. The van der Waals surface area contributed by atoms with Gasteiger partial charge in [-0.3, -0.25) is 4.79 Å². The van der Waals surface area contributed by atoms with E-state index < -0.39 is 11.6 Å². The average molecular weight is 404 g/mol. The molecule has 0 spiro atoms. The van der Waals surface area contributed by atoms with Crippen molar-refractivity contribution in [3.63, 3.8) is 0 Å². The maximum Gasteiger partial charge on any atom is 0.330 e. The highest BCUT2D eigenvalue weighted by Crippen LogP contribution is 2.19. The van der Waals surface area contributed by atoms with Crippen LogP contribution >= 0.6 is 22.6 Å². The number of ether oxygens (including phenoxy) is 2. The van der Waals surface area contributed by atoms with E-state index in [4.69, 9.17) is 9.47 Å². The summed E-state index contributed by atoms with van der Waals surface area (Å²) in [6.07, 6.45) is 1.08. The van der Waals surface area contributed by atoms with E-state index in [0.717, 1.165) is 6.08 Å². The van der Waals surface area contributed by atoms with Crippen LogP contribution in [0.4, 0.5) is 0 Å². The van der Waals surface area contributed by atoms with Crippen molar-refractivity contribution in [3.8, 4) is 5.75 Å². The molecular weight excluding hydrogens is 387 g/mol. The molecule has 1 aromatic rings. The van der Waals surface area contributed by atoms with Crippen molar-refractivity contribution in [1.29, 1.82) is 0 Å². The van der Waals surface area contributed by atoms with Crippen LogP contribution in [0.3, 0.4) is 0 Å². The molecule has 0 fully saturated rings. The monoisotopic (exact) mass is 404 g/mol. The summed E-state index contributed by atoms with van der Waals surface area (Å²) in [7, 11) is 0. The van der Waals surface area contributed by atoms with Crippen molar-refractivity contribution in [2.75, 3.05) is 17.6 Å². The third kappa shape index (κ3) is 5.47. The maximum atomic E-state index is 12.0. The zero-order valence-corrected chi connectivity index (χ0v) is 13.8. The first-order chi connectivity index (χ1) is 9.90. The largest absolute Gasteiger partial charge is 0.490 e. The number of halogens is 1. The Hall–Kier alpha value is -1.41. The van der Waals surface area contributed by atoms with E-state index >= 15 is 0 Å². The highest BCUT2D eigenvalue weighted by Gasteiger charge is 2.29. The van der Waals surface area contributed by atoms with Crippen LogP contribution in [-0.2, 0) is 9.53 Å². The number of Topliss-reactive ketones (excluding diaryl/α,β-unsaturated/α-hetero) is 1. The van der Waals surface area contributed by atoms with Gasteiger partial charge in [-0.15, -0.1) is 0 Å². The molecule has 0 aliphatic carbocycles. The number of benzene rings is 1. The van der Waals surface area contributed by atoms with Gasteiger partial charge in [-0.1, -0.05) is 29.2 Å². The average Bonchev–Trinajstić information content (AvgIpc) is 2.51. The van der Waals surface area contributed by atoms with Crippen molar-refractivity contribution in [1.82, 2.24) is 0 Å². The van der Waals surface area contributed by atoms with Crippen LogP contribution in [0.25, 0.3) is 0 Å². The summed E-state index contributed by atoms with van der Waals surface area (Å²) in [6, 6.07) is 6.44. The Morgan fingerprint density at radius 2 is 1.95 bits per heavy atom. The van der Waals surface area contributed by atoms with Crippen molar-refractivity contribution in [2.24, 2.45) is 0 Å². The number of carbonyl (C=O) groups excluding carboxylic acids is 2. The summed E-state index contributed by atoms with van der Waals surface area (Å²) in [5, 5.41) is 9.92. The Balaban J connectivity index is 2.53. The summed E-state index contributed by atoms with van der Waals surface area (Å²) in [6.45, 7) is 5.10. The van der Waals surface area contributed by atoms with E-state index in [1.54, 1.807) is 24.3 Å². The first kappa shape index (κ1) is 17.6. The van der Waals surface area contributed by atoms with Gasteiger partial charge in [-0.25, -0.2) is 4.79 Å². The molecule has 1 aromatic carbocycles. The molecule has 5 nitrogen and oxygen atoms in total. The Bertz CT molecular complexity index is 507. The second-order valence-corrected chi connectivity index (χ2v) is 5.24. The molecule has 0 aromatic heterocycles. The molecular formula is C15H17IO5. The lowest BCUT2D eigenvalue weighted by Gasteiger charge is -2.18. The summed E-state index contributed by atoms with van der Waals surface area (Å²) < 4.78 is 10.4. The molecule has 1 atom stereocenters. The third-order valence-electron chi connectivity index (χ3n) is 2.63. The van der Waals surface area contributed by atoms with Crippen LogP contribution in [0.15, 0.2) is 36.9 Å². The molecule has 0 radical (unpaired) electrons. The molecule has 0 saturated heterocycles. The van der Waals surface area contributed by atoms with Gasteiger partial charge in [-0.05, 0) is 31.2 Å². The second kappa shape index (κ2) is 8.14. The Kier molecular flexibility index (Phi) is 6.83. The highest BCUT2D eigenvalue weighted by atomic mass is 127. The number of aliphatic hydroxyl groups is 1. The molecule has 21 heavy (non-hydrogen) atoms. The van der Waals surface area contributed by atoms with Gasteiger partial charge in [0.15, 0.2) is 5.78 Å². The number of carbonyl (C=O) groups is 2. The SMILES string of the molecule is C=CC(=O)OCCOc1ccc(C(=O)C(C)(O)CI)cc1.